The number of halogens is 1. The molecule has 0 spiro atoms. The number of rotatable bonds is 8. The van der Waals surface area contributed by atoms with E-state index in [-0.39, 0.29) is 0 Å². The van der Waals surface area contributed by atoms with Gasteiger partial charge in [0.15, 0.2) is 5.82 Å². The van der Waals surface area contributed by atoms with Crippen molar-refractivity contribution in [3.8, 4) is 0 Å². The van der Waals surface area contributed by atoms with E-state index in [0.29, 0.717) is 10.8 Å². The standard InChI is InChI=1S/C13H24ClN5/c1-4-18(5-2)8-7-9-19(6-3)13-11(14)12(15)16-10-17-13/h10H,4-9H2,1-3H3,(H2,15,16,17). The Kier molecular flexibility index (Phi) is 6.87. The first-order valence-electron chi connectivity index (χ1n) is 6.87. The summed E-state index contributed by atoms with van der Waals surface area (Å²) in [5, 5.41) is 0.451. The van der Waals surface area contributed by atoms with Gasteiger partial charge in [-0.25, -0.2) is 9.97 Å². The van der Waals surface area contributed by atoms with E-state index >= 15 is 0 Å². The summed E-state index contributed by atoms with van der Waals surface area (Å²) in [6.45, 7) is 11.5. The Labute approximate surface area is 120 Å². The molecule has 19 heavy (non-hydrogen) atoms. The average Bonchev–Trinajstić information content (AvgIpc) is 2.43. The third-order valence-corrected chi connectivity index (χ3v) is 3.64. The highest BCUT2D eigenvalue weighted by Crippen LogP contribution is 2.26. The highest BCUT2D eigenvalue weighted by atomic mass is 35.5. The highest BCUT2D eigenvalue weighted by molar-refractivity contribution is 6.35. The maximum absolute atomic E-state index is 6.16. The van der Waals surface area contributed by atoms with Crippen LogP contribution in [0, 0.1) is 0 Å². The van der Waals surface area contributed by atoms with E-state index in [1.54, 1.807) is 0 Å². The Morgan fingerprint density at radius 2 is 1.79 bits per heavy atom. The van der Waals surface area contributed by atoms with Gasteiger partial charge in [0, 0.05) is 13.1 Å². The van der Waals surface area contributed by atoms with Crippen LogP contribution in [-0.2, 0) is 0 Å². The summed E-state index contributed by atoms with van der Waals surface area (Å²) >= 11 is 6.16. The van der Waals surface area contributed by atoms with Gasteiger partial charge in [-0.2, -0.15) is 0 Å². The predicted octanol–water partition coefficient (Wildman–Crippen LogP) is 2.27. The van der Waals surface area contributed by atoms with E-state index in [2.05, 4.69) is 40.5 Å². The lowest BCUT2D eigenvalue weighted by Crippen LogP contribution is -2.30. The van der Waals surface area contributed by atoms with Gasteiger partial charge in [-0.1, -0.05) is 25.4 Å². The summed E-state index contributed by atoms with van der Waals surface area (Å²) in [6.07, 6.45) is 2.54. The molecule has 0 bridgehead atoms. The number of nitrogen functional groups attached to an aromatic ring is 1. The minimum Gasteiger partial charge on any atom is -0.382 e. The van der Waals surface area contributed by atoms with Gasteiger partial charge in [-0.15, -0.1) is 0 Å². The van der Waals surface area contributed by atoms with E-state index in [1.165, 1.54) is 6.33 Å². The molecule has 0 aliphatic carbocycles. The van der Waals surface area contributed by atoms with Crippen molar-refractivity contribution in [3.05, 3.63) is 11.3 Å². The summed E-state index contributed by atoms with van der Waals surface area (Å²) in [5.41, 5.74) is 5.72. The van der Waals surface area contributed by atoms with Gasteiger partial charge in [-0.05, 0) is 33.0 Å². The summed E-state index contributed by atoms with van der Waals surface area (Å²) in [7, 11) is 0. The van der Waals surface area contributed by atoms with Crippen molar-refractivity contribution in [2.45, 2.75) is 27.2 Å². The van der Waals surface area contributed by atoms with Gasteiger partial charge in [0.25, 0.3) is 0 Å². The fourth-order valence-electron chi connectivity index (χ4n) is 2.03. The van der Waals surface area contributed by atoms with Gasteiger partial charge >= 0.3 is 0 Å². The molecule has 0 aromatic carbocycles. The van der Waals surface area contributed by atoms with Crippen molar-refractivity contribution < 1.29 is 0 Å². The molecule has 1 heterocycles. The molecule has 6 heteroatoms. The SMILES string of the molecule is CCN(CC)CCCN(CC)c1ncnc(N)c1Cl. The van der Waals surface area contributed by atoms with Crippen LogP contribution in [0.2, 0.25) is 5.02 Å². The topological polar surface area (TPSA) is 58.3 Å². The maximum atomic E-state index is 6.16. The Morgan fingerprint density at radius 1 is 1.11 bits per heavy atom. The van der Waals surface area contributed by atoms with E-state index in [1.807, 2.05) is 0 Å². The summed E-state index contributed by atoms with van der Waals surface area (Å²) in [5.74, 6) is 1.07. The first-order valence-corrected chi connectivity index (χ1v) is 7.25. The number of hydrogen-bond donors (Lipinski definition) is 1. The maximum Gasteiger partial charge on any atom is 0.153 e. The zero-order chi connectivity index (χ0) is 14.3. The van der Waals surface area contributed by atoms with Crippen LogP contribution >= 0.6 is 11.6 Å². The second-order valence-electron chi connectivity index (χ2n) is 4.36. The van der Waals surface area contributed by atoms with Crippen LogP contribution < -0.4 is 10.6 Å². The molecule has 0 fully saturated rings. The molecule has 0 saturated heterocycles. The van der Waals surface area contributed by atoms with Gasteiger partial charge in [0.05, 0.1) is 0 Å². The normalized spacial score (nSPS) is 11.0. The van der Waals surface area contributed by atoms with Crippen LogP contribution in [0.4, 0.5) is 11.6 Å². The molecule has 0 saturated carbocycles. The summed E-state index contributed by atoms with van der Waals surface area (Å²) in [6, 6.07) is 0. The molecule has 1 aromatic heterocycles. The minimum atomic E-state index is 0.342. The van der Waals surface area contributed by atoms with Gasteiger partial charge in [0.1, 0.15) is 17.2 Å². The smallest absolute Gasteiger partial charge is 0.153 e. The molecule has 0 atom stereocenters. The van der Waals surface area contributed by atoms with E-state index < -0.39 is 0 Å². The van der Waals surface area contributed by atoms with Crippen molar-refractivity contribution >= 4 is 23.2 Å². The second kappa shape index (κ2) is 8.17. The summed E-state index contributed by atoms with van der Waals surface area (Å²) < 4.78 is 0. The van der Waals surface area contributed by atoms with Crippen molar-refractivity contribution in [3.63, 3.8) is 0 Å². The molecule has 5 nitrogen and oxygen atoms in total. The van der Waals surface area contributed by atoms with Gasteiger partial charge in [0.2, 0.25) is 0 Å². The number of anilines is 2. The monoisotopic (exact) mass is 285 g/mol. The largest absolute Gasteiger partial charge is 0.382 e. The van der Waals surface area contributed by atoms with Crippen molar-refractivity contribution in [2.75, 3.05) is 43.4 Å². The third-order valence-electron chi connectivity index (χ3n) is 3.28. The Bertz CT molecular complexity index is 381. The number of aromatic nitrogens is 2. The van der Waals surface area contributed by atoms with Crippen molar-refractivity contribution in [1.82, 2.24) is 14.9 Å². The van der Waals surface area contributed by atoms with Crippen LogP contribution in [0.1, 0.15) is 27.2 Å². The van der Waals surface area contributed by atoms with Gasteiger partial charge < -0.3 is 15.5 Å². The first-order chi connectivity index (χ1) is 9.13. The van der Waals surface area contributed by atoms with Crippen LogP contribution in [0.25, 0.3) is 0 Å². The molecule has 0 aliphatic heterocycles. The molecule has 1 rings (SSSR count). The number of hydrogen-bond acceptors (Lipinski definition) is 5. The van der Waals surface area contributed by atoms with Crippen molar-refractivity contribution in [2.24, 2.45) is 0 Å². The lowest BCUT2D eigenvalue weighted by atomic mass is 10.3. The van der Waals surface area contributed by atoms with Crippen molar-refractivity contribution in [1.29, 1.82) is 0 Å². The molecular formula is C13H24ClN5. The fourth-order valence-corrected chi connectivity index (χ4v) is 2.25. The molecule has 0 unspecified atom stereocenters. The quantitative estimate of drug-likeness (QED) is 0.794. The van der Waals surface area contributed by atoms with Crippen LogP contribution in [0.15, 0.2) is 6.33 Å². The first kappa shape index (κ1) is 16.0. The molecule has 108 valence electrons. The number of nitrogens with two attached hydrogens (primary N) is 1. The molecule has 0 radical (unpaired) electrons. The van der Waals surface area contributed by atoms with Gasteiger partial charge in [-0.3, -0.25) is 0 Å². The van der Waals surface area contributed by atoms with E-state index in [9.17, 15) is 0 Å². The minimum absolute atomic E-state index is 0.342. The van der Waals surface area contributed by atoms with Crippen LogP contribution in [-0.4, -0.2) is 47.6 Å². The third kappa shape index (κ3) is 4.51. The molecular weight excluding hydrogens is 262 g/mol. The summed E-state index contributed by atoms with van der Waals surface area (Å²) in [4.78, 5) is 12.7. The molecule has 1 aromatic rings. The molecule has 0 aliphatic rings. The highest BCUT2D eigenvalue weighted by Gasteiger charge is 2.13. The second-order valence-corrected chi connectivity index (χ2v) is 4.73. The van der Waals surface area contributed by atoms with E-state index in [0.717, 1.165) is 45.0 Å². The van der Waals surface area contributed by atoms with Crippen LogP contribution in [0.3, 0.4) is 0 Å². The lowest BCUT2D eigenvalue weighted by Gasteiger charge is -2.25. The van der Waals surface area contributed by atoms with Crippen LogP contribution in [0.5, 0.6) is 0 Å². The zero-order valence-electron chi connectivity index (χ0n) is 12.1. The Balaban J connectivity index is 2.61. The number of nitrogens with zero attached hydrogens (tertiary/aromatic N) is 4. The lowest BCUT2D eigenvalue weighted by molar-refractivity contribution is 0.300. The van der Waals surface area contributed by atoms with E-state index in [4.69, 9.17) is 17.3 Å². The zero-order valence-corrected chi connectivity index (χ0v) is 12.8. The predicted molar refractivity (Wildman–Crippen MR) is 81.7 cm³/mol. The molecule has 2 N–H and O–H groups in total. The average molecular weight is 286 g/mol. The fraction of sp³-hybridized carbons (Fsp3) is 0.692. The Morgan fingerprint density at radius 3 is 2.37 bits per heavy atom. The Hall–Kier alpha value is -1.07. The molecule has 0 amide bonds.